The highest BCUT2D eigenvalue weighted by atomic mass is 16.2. The Bertz CT molecular complexity index is 1050. The standard InChI is InChI=1S/C18H19N5O3/c1-21-15(8-16(24)22(2)18(21)26)17(25)19-9-14-10-20-23(12-14)11-13-6-4-3-5-7-13/h3-8,10,12H,9,11H2,1-2H3,(H,19,25). The van der Waals surface area contributed by atoms with E-state index >= 15 is 0 Å². The number of nitrogens with zero attached hydrogens (tertiary/aromatic N) is 4. The van der Waals surface area contributed by atoms with Crippen LogP contribution in [0.2, 0.25) is 0 Å². The van der Waals surface area contributed by atoms with Gasteiger partial charge in [0.05, 0.1) is 12.7 Å². The van der Waals surface area contributed by atoms with E-state index in [1.165, 1.54) is 14.1 Å². The molecule has 2 aromatic heterocycles. The maximum atomic E-state index is 12.3. The Morgan fingerprint density at radius 3 is 2.54 bits per heavy atom. The average molecular weight is 353 g/mol. The monoisotopic (exact) mass is 353 g/mol. The van der Waals surface area contributed by atoms with E-state index in [1.54, 1.807) is 10.9 Å². The molecule has 0 spiro atoms. The van der Waals surface area contributed by atoms with Crippen LogP contribution >= 0.6 is 0 Å². The molecule has 3 aromatic rings. The normalized spacial score (nSPS) is 10.7. The molecule has 8 heteroatoms. The number of hydrogen-bond acceptors (Lipinski definition) is 4. The van der Waals surface area contributed by atoms with Gasteiger partial charge in [0, 0.05) is 38.5 Å². The molecular formula is C18H19N5O3. The van der Waals surface area contributed by atoms with E-state index in [0.717, 1.165) is 26.3 Å². The third kappa shape index (κ3) is 3.64. The van der Waals surface area contributed by atoms with E-state index in [1.807, 2.05) is 36.5 Å². The second kappa shape index (κ2) is 7.22. The lowest BCUT2D eigenvalue weighted by atomic mass is 10.2. The van der Waals surface area contributed by atoms with Gasteiger partial charge in [-0.05, 0) is 5.56 Å². The van der Waals surface area contributed by atoms with Gasteiger partial charge >= 0.3 is 5.69 Å². The molecule has 0 atom stereocenters. The summed E-state index contributed by atoms with van der Waals surface area (Å²) in [7, 11) is 2.82. The van der Waals surface area contributed by atoms with Crippen molar-refractivity contribution in [3.8, 4) is 0 Å². The summed E-state index contributed by atoms with van der Waals surface area (Å²) in [6.07, 6.45) is 3.52. The van der Waals surface area contributed by atoms with Gasteiger partial charge in [-0.1, -0.05) is 30.3 Å². The number of carbonyl (C=O) groups excluding carboxylic acids is 1. The summed E-state index contributed by atoms with van der Waals surface area (Å²) < 4.78 is 3.88. The highest BCUT2D eigenvalue weighted by Gasteiger charge is 2.13. The average Bonchev–Trinajstić information content (AvgIpc) is 3.09. The number of aromatic nitrogens is 4. The first-order valence-corrected chi connectivity index (χ1v) is 8.06. The smallest absolute Gasteiger partial charge is 0.331 e. The third-order valence-electron chi connectivity index (χ3n) is 4.09. The van der Waals surface area contributed by atoms with Gasteiger partial charge in [0.25, 0.3) is 11.5 Å². The molecule has 1 aromatic carbocycles. The van der Waals surface area contributed by atoms with Crippen LogP contribution in [0.3, 0.4) is 0 Å². The van der Waals surface area contributed by atoms with Gasteiger partial charge in [-0.3, -0.25) is 23.4 Å². The zero-order valence-electron chi connectivity index (χ0n) is 14.5. The Morgan fingerprint density at radius 2 is 1.81 bits per heavy atom. The van der Waals surface area contributed by atoms with Crippen molar-refractivity contribution >= 4 is 5.91 Å². The Labute approximate surface area is 149 Å². The minimum Gasteiger partial charge on any atom is -0.347 e. The fourth-order valence-electron chi connectivity index (χ4n) is 2.58. The summed E-state index contributed by atoms with van der Waals surface area (Å²) in [5.74, 6) is -0.488. The molecule has 0 unspecified atom stereocenters. The number of benzene rings is 1. The number of carbonyl (C=O) groups is 1. The second-order valence-corrected chi connectivity index (χ2v) is 5.98. The molecule has 8 nitrogen and oxygen atoms in total. The predicted octanol–water partition coefficient (Wildman–Crippen LogP) is 0.259. The van der Waals surface area contributed by atoms with Crippen LogP contribution < -0.4 is 16.6 Å². The molecule has 0 aliphatic rings. The molecule has 2 heterocycles. The molecule has 0 saturated heterocycles. The topological polar surface area (TPSA) is 90.9 Å². The SMILES string of the molecule is Cn1c(C(=O)NCc2cnn(Cc3ccccc3)c2)cc(=O)n(C)c1=O. The zero-order chi connectivity index (χ0) is 18.7. The predicted molar refractivity (Wildman–Crippen MR) is 95.9 cm³/mol. The van der Waals surface area contributed by atoms with Crippen LogP contribution in [0.4, 0.5) is 0 Å². The Hall–Kier alpha value is -3.42. The first-order valence-electron chi connectivity index (χ1n) is 8.06. The minimum absolute atomic E-state index is 0.0229. The Kier molecular flexibility index (Phi) is 4.83. The van der Waals surface area contributed by atoms with Crippen molar-refractivity contribution in [1.29, 1.82) is 0 Å². The largest absolute Gasteiger partial charge is 0.347 e. The third-order valence-corrected chi connectivity index (χ3v) is 4.09. The lowest BCUT2D eigenvalue weighted by Gasteiger charge is -2.09. The number of amides is 1. The first-order chi connectivity index (χ1) is 12.5. The van der Waals surface area contributed by atoms with Crippen molar-refractivity contribution in [2.75, 3.05) is 0 Å². The van der Waals surface area contributed by atoms with Gasteiger partial charge in [-0.2, -0.15) is 5.10 Å². The summed E-state index contributed by atoms with van der Waals surface area (Å²) in [5.41, 5.74) is 0.909. The fraction of sp³-hybridized carbons (Fsp3) is 0.222. The van der Waals surface area contributed by atoms with E-state index in [-0.39, 0.29) is 12.2 Å². The van der Waals surface area contributed by atoms with Gasteiger partial charge in [-0.15, -0.1) is 0 Å². The van der Waals surface area contributed by atoms with Gasteiger partial charge in [0.1, 0.15) is 5.69 Å². The molecule has 0 bridgehead atoms. The van der Waals surface area contributed by atoms with Crippen molar-refractivity contribution < 1.29 is 4.79 Å². The van der Waals surface area contributed by atoms with Crippen LogP contribution in [0.5, 0.6) is 0 Å². The van der Waals surface area contributed by atoms with Crippen LogP contribution in [-0.2, 0) is 27.2 Å². The van der Waals surface area contributed by atoms with Crippen molar-refractivity contribution in [2.24, 2.45) is 14.1 Å². The minimum atomic E-state index is -0.543. The number of nitrogens with one attached hydrogen (secondary N) is 1. The zero-order valence-corrected chi connectivity index (χ0v) is 14.5. The molecule has 0 aliphatic heterocycles. The molecule has 1 N–H and O–H groups in total. The maximum Gasteiger partial charge on any atom is 0.331 e. The highest BCUT2D eigenvalue weighted by molar-refractivity contribution is 5.92. The van der Waals surface area contributed by atoms with Gasteiger partial charge in [0.2, 0.25) is 0 Å². The van der Waals surface area contributed by atoms with Gasteiger partial charge in [0.15, 0.2) is 0 Å². The Balaban J connectivity index is 1.67. The van der Waals surface area contributed by atoms with E-state index in [4.69, 9.17) is 0 Å². The second-order valence-electron chi connectivity index (χ2n) is 5.98. The quantitative estimate of drug-likeness (QED) is 0.712. The van der Waals surface area contributed by atoms with Crippen LogP contribution in [0, 0.1) is 0 Å². The molecule has 134 valence electrons. The van der Waals surface area contributed by atoms with Crippen LogP contribution in [0.15, 0.2) is 58.4 Å². The maximum absolute atomic E-state index is 12.3. The van der Waals surface area contributed by atoms with E-state index < -0.39 is 17.2 Å². The molecule has 26 heavy (non-hydrogen) atoms. The van der Waals surface area contributed by atoms with Gasteiger partial charge < -0.3 is 5.32 Å². The fourth-order valence-corrected chi connectivity index (χ4v) is 2.58. The van der Waals surface area contributed by atoms with Crippen LogP contribution in [-0.4, -0.2) is 24.8 Å². The lowest BCUT2D eigenvalue weighted by molar-refractivity contribution is 0.0940. The molecule has 0 aliphatic carbocycles. The summed E-state index contributed by atoms with van der Waals surface area (Å²) in [4.78, 5) is 35.9. The van der Waals surface area contributed by atoms with Crippen molar-refractivity contribution in [2.45, 2.75) is 13.1 Å². The summed E-state index contributed by atoms with van der Waals surface area (Å²) in [6.45, 7) is 0.884. The molecule has 1 amide bonds. The highest BCUT2D eigenvalue weighted by Crippen LogP contribution is 2.04. The van der Waals surface area contributed by atoms with Crippen molar-refractivity contribution in [1.82, 2.24) is 24.2 Å². The van der Waals surface area contributed by atoms with E-state index in [0.29, 0.717) is 6.54 Å². The molecule has 3 rings (SSSR count). The van der Waals surface area contributed by atoms with E-state index in [9.17, 15) is 14.4 Å². The van der Waals surface area contributed by atoms with Crippen LogP contribution in [0.25, 0.3) is 0 Å². The Morgan fingerprint density at radius 1 is 1.08 bits per heavy atom. The lowest BCUT2D eigenvalue weighted by Crippen LogP contribution is -2.41. The summed E-state index contributed by atoms with van der Waals surface area (Å²) >= 11 is 0. The van der Waals surface area contributed by atoms with E-state index in [2.05, 4.69) is 10.4 Å². The molecule has 0 radical (unpaired) electrons. The van der Waals surface area contributed by atoms with Crippen molar-refractivity contribution in [3.63, 3.8) is 0 Å². The number of hydrogen-bond donors (Lipinski definition) is 1. The molecule has 0 fully saturated rings. The molecular weight excluding hydrogens is 334 g/mol. The summed E-state index contributed by atoms with van der Waals surface area (Å²) in [6, 6.07) is 11.1. The van der Waals surface area contributed by atoms with Crippen molar-refractivity contribution in [3.05, 3.63) is 86.5 Å². The summed E-state index contributed by atoms with van der Waals surface area (Å²) in [5, 5.41) is 6.98. The molecule has 0 saturated carbocycles. The first kappa shape index (κ1) is 17.4. The number of rotatable bonds is 5. The van der Waals surface area contributed by atoms with Crippen LogP contribution in [0.1, 0.15) is 21.6 Å². The van der Waals surface area contributed by atoms with Gasteiger partial charge in [-0.25, -0.2) is 4.79 Å².